The van der Waals surface area contributed by atoms with E-state index in [9.17, 15) is 17.6 Å². The molecule has 0 atom stereocenters. The molecule has 0 aliphatic carbocycles. The number of hydrogen-bond donors (Lipinski definition) is 1. The number of methoxy groups -OCH3 is 1. The van der Waals surface area contributed by atoms with Gasteiger partial charge in [-0.1, -0.05) is 0 Å². The highest BCUT2D eigenvalue weighted by Crippen LogP contribution is 2.17. The molecular weight excluding hydrogens is 321 g/mol. The number of rotatable bonds is 5. The first-order valence-electron chi connectivity index (χ1n) is 6.72. The van der Waals surface area contributed by atoms with E-state index in [2.05, 4.69) is 10.1 Å². The maximum Gasteiger partial charge on any atom is 0.337 e. The van der Waals surface area contributed by atoms with E-state index < -0.39 is 21.6 Å². The van der Waals surface area contributed by atoms with Gasteiger partial charge in [-0.15, -0.1) is 0 Å². The van der Waals surface area contributed by atoms with E-state index in [1.807, 2.05) is 0 Å². The molecule has 0 aliphatic heterocycles. The minimum atomic E-state index is -3.25. The molecule has 0 fully saturated rings. The van der Waals surface area contributed by atoms with Crippen molar-refractivity contribution in [2.24, 2.45) is 0 Å². The van der Waals surface area contributed by atoms with Crippen molar-refractivity contribution in [1.82, 2.24) is 0 Å². The zero-order chi connectivity index (χ0) is 17.0. The van der Waals surface area contributed by atoms with Crippen LogP contribution in [0.25, 0.3) is 0 Å². The summed E-state index contributed by atoms with van der Waals surface area (Å²) < 4.78 is 41.2. The monoisotopic (exact) mass is 337 g/mol. The molecule has 0 spiro atoms. The quantitative estimate of drug-likeness (QED) is 0.849. The van der Waals surface area contributed by atoms with Gasteiger partial charge in [-0.25, -0.2) is 17.6 Å². The van der Waals surface area contributed by atoms with Gasteiger partial charge >= 0.3 is 5.97 Å². The molecule has 0 bridgehead atoms. The number of sulfone groups is 1. The Morgan fingerprint density at radius 2 is 1.83 bits per heavy atom. The van der Waals surface area contributed by atoms with Gasteiger partial charge in [0, 0.05) is 24.1 Å². The SMILES string of the molecule is COC(=O)c1ccc(F)c(CNc2ccc(S(C)(=O)=O)cc2)c1. The van der Waals surface area contributed by atoms with Crippen LogP contribution in [0.5, 0.6) is 0 Å². The van der Waals surface area contributed by atoms with Crippen LogP contribution < -0.4 is 5.32 Å². The van der Waals surface area contributed by atoms with Gasteiger partial charge in [0.25, 0.3) is 0 Å². The molecule has 0 unspecified atom stereocenters. The van der Waals surface area contributed by atoms with Gasteiger partial charge in [-0.05, 0) is 42.5 Å². The molecule has 0 aliphatic rings. The van der Waals surface area contributed by atoms with E-state index in [4.69, 9.17) is 0 Å². The van der Waals surface area contributed by atoms with Crippen molar-refractivity contribution in [1.29, 1.82) is 0 Å². The van der Waals surface area contributed by atoms with Crippen molar-refractivity contribution in [3.05, 3.63) is 59.4 Å². The Balaban J connectivity index is 2.13. The summed E-state index contributed by atoms with van der Waals surface area (Å²) in [6, 6.07) is 10.1. The summed E-state index contributed by atoms with van der Waals surface area (Å²) in [5.74, 6) is -0.985. The number of carbonyl (C=O) groups is 1. The Morgan fingerprint density at radius 3 is 2.39 bits per heavy atom. The summed E-state index contributed by atoms with van der Waals surface area (Å²) in [6.45, 7) is 0.148. The fraction of sp³-hybridized carbons (Fsp3) is 0.188. The summed E-state index contributed by atoms with van der Waals surface area (Å²) in [7, 11) is -1.99. The Morgan fingerprint density at radius 1 is 1.17 bits per heavy atom. The average Bonchev–Trinajstić information content (AvgIpc) is 2.53. The first-order chi connectivity index (χ1) is 10.8. The molecule has 2 aromatic rings. The smallest absolute Gasteiger partial charge is 0.337 e. The molecule has 0 radical (unpaired) electrons. The second-order valence-corrected chi connectivity index (χ2v) is 6.96. The largest absolute Gasteiger partial charge is 0.465 e. The standard InChI is InChI=1S/C16H16FNO4S/c1-22-16(19)11-3-8-15(17)12(9-11)10-18-13-4-6-14(7-5-13)23(2,20)21/h3-9,18H,10H2,1-2H3. The van der Waals surface area contributed by atoms with Crippen molar-refractivity contribution < 1.29 is 22.3 Å². The van der Waals surface area contributed by atoms with Crippen LogP contribution in [0, 0.1) is 5.82 Å². The zero-order valence-electron chi connectivity index (χ0n) is 12.7. The molecule has 1 N–H and O–H groups in total. The molecule has 0 amide bonds. The van der Waals surface area contributed by atoms with E-state index in [1.165, 1.54) is 37.4 Å². The Hall–Kier alpha value is -2.41. The van der Waals surface area contributed by atoms with E-state index in [1.54, 1.807) is 12.1 Å². The third kappa shape index (κ3) is 4.29. The molecule has 0 aromatic heterocycles. The fourth-order valence-corrected chi connectivity index (χ4v) is 2.60. The van der Waals surface area contributed by atoms with Crippen LogP contribution in [0.2, 0.25) is 0 Å². The molecule has 7 heteroatoms. The fourth-order valence-electron chi connectivity index (χ4n) is 1.97. The predicted octanol–water partition coefficient (Wildman–Crippen LogP) is 2.63. The summed E-state index contributed by atoms with van der Waals surface area (Å²) in [4.78, 5) is 11.7. The lowest BCUT2D eigenvalue weighted by molar-refractivity contribution is 0.0600. The second kappa shape index (κ2) is 6.78. The highest BCUT2D eigenvalue weighted by molar-refractivity contribution is 7.90. The first-order valence-corrected chi connectivity index (χ1v) is 8.61. The number of halogens is 1. The van der Waals surface area contributed by atoms with E-state index >= 15 is 0 Å². The molecule has 0 heterocycles. The number of nitrogens with one attached hydrogen (secondary N) is 1. The molecular formula is C16H16FNO4S. The van der Waals surface area contributed by atoms with Gasteiger partial charge < -0.3 is 10.1 Å². The molecule has 0 saturated carbocycles. The molecule has 2 aromatic carbocycles. The lowest BCUT2D eigenvalue weighted by atomic mass is 10.1. The van der Waals surface area contributed by atoms with Crippen molar-refractivity contribution >= 4 is 21.5 Å². The lowest BCUT2D eigenvalue weighted by Gasteiger charge is -2.09. The Bertz CT molecular complexity index is 816. The number of ether oxygens (including phenoxy) is 1. The minimum absolute atomic E-state index is 0.148. The van der Waals surface area contributed by atoms with Crippen LogP contribution in [0.15, 0.2) is 47.4 Å². The van der Waals surface area contributed by atoms with E-state index in [0.717, 1.165) is 6.26 Å². The average molecular weight is 337 g/mol. The van der Waals surface area contributed by atoms with Crippen LogP contribution in [0.1, 0.15) is 15.9 Å². The highest BCUT2D eigenvalue weighted by Gasteiger charge is 2.10. The van der Waals surface area contributed by atoms with Crippen LogP contribution >= 0.6 is 0 Å². The topological polar surface area (TPSA) is 72.5 Å². The van der Waals surface area contributed by atoms with Crippen molar-refractivity contribution in [3.8, 4) is 0 Å². The predicted molar refractivity (Wildman–Crippen MR) is 84.6 cm³/mol. The summed E-state index contributed by atoms with van der Waals surface area (Å²) >= 11 is 0. The summed E-state index contributed by atoms with van der Waals surface area (Å²) in [6.07, 6.45) is 1.13. The number of benzene rings is 2. The minimum Gasteiger partial charge on any atom is -0.465 e. The second-order valence-electron chi connectivity index (χ2n) is 4.95. The number of hydrogen-bond acceptors (Lipinski definition) is 5. The first kappa shape index (κ1) is 17.0. The number of carbonyl (C=O) groups excluding carboxylic acids is 1. The Kier molecular flexibility index (Phi) is 5.00. The van der Waals surface area contributed by atoms with E-state index in [-0.39, 0.29) is 17.0 Å². The number of anilines is 1. The van der Waals surface area contributed by atoms with Crippen molar-refractivity contribution in [2.45, 2.75) is 11.4 Å². The van der Waals surface area contributed by atoms with Gasteiger partial charge in [0.1, 0.15) is 5.82 Å². The zero-order valence-corrected chi connectivity index (χ0v) is 13.5. The van der Waals surface area contributed by atoms with Crippen LogP contribution in [0.3, 0.4) is 0 Å². The Labute approximate surface area is 134 Å². The lowest BCUT2D eigenvalue weighted by Crippen LogP contribution is -2.06. The number of esters is 1. The third-order valence-electron chi connectivity index (χ3n) is 3.23. The molecule has 2 rings (SSSR count). The van der Waals surface area contributed by atoms with Crippen molar-refractivity contribution in [2.75, 3.05) is 18.7 Å². The summed E-state index contributed by atoms with van der Waals surface area (Å²) in [5.41, 5.74) is 1.21. The van der Waals surface area contributed by atoms with Crippen LogP contribution in [-0.2, 0) is 21.1 Å². The molecule has 122 valence electrons. The maximum atomic E-state index is 13.8. The molecule has 0 saturated heterocycles. The van der Waals surface area contributed by atoms with Crippen LogP contribution in [-0.4, -0.2) is 27.8 Å². The van der Waals surface area contributed by atoms with Gasteiger partial charge in [0.15, 0.2) is 9.84 Å². The van der Waals surface area contributed by atoms with Gasteiger partial charge in [0.05, 0.1) is 17.6 Å². The van der Waals surface area contributed by atoms with E-state index in [0.29, 0.717) is 11.3 Å². The molecule has 23 heavy (non-hydrogen) atoms. The highest BCUT2D eigenvalue weighted by atomic mass is 32.2. The van der Waals surface area contributed by atoms with Crippen molar-refractivity contribution in [3.63, 3.8) is 0 Å². The van der Waals surface area contributed by atoms with Gasteiger partial charge in [-0.2, -0.15) is 0 Å². The van der Waals surface area contributed by atoms with Gasteiger partial charge in [0.2, 0.25) is 0 Å². The summed E-state index contributed by atoms with van der Waals surface area (Å²) in [5, 5.41) is 2.98. The molecule has 5 nitrogen and oxygen atoms in total. The van der Waals surface area contributed by atoms with Gasteiger partial charge in [-0.3, -0.25) is 0 Å². The van der Waals surface area contributed by atoms with Crippen LogP contribution in [0.4, 0.5) is 10.1 Å². The third-order valence-corrected chi connectivity index (χ3v) is 4.36. The maximum absolute atomic E-state index is 13.8. The normalized spacial score (nSPS) is 11.1.